The van der Waals surface area contributed by atoms with Crippen molar-refractivity contribution in [1.29, 1.82) is 0 Å². The first-order chi connectivity index (χ1) is 16.4. The molecule has 0 spiro atoms. The van der Waals surface area contributed by atoms with Crippen molar-refractivity contribution >= 4 is 23.4 Å². The van der Waals surface area contributed by atoms with Crippen LogP contribution in [0.2, 0.25) is 5.02 Å². The van der Waals surface area contributed by atoms with Gasteiger partial charge in [0.25, 0.3) is 0 Å². The zero-order valence-electron chi connectivity index (χ0n) is 19.2. The number of carbonyl (C=O) groups excluding carboxylic acids is 2. The number of aromatic nitrogens is 3. The summed E-state index contributed by atoms with van der Waals surface area (Å²) >= 11 is 6.03. The van der Waals surface area contributed by atoms with E-state index in [9.17, 15) is 14.0 Å². The molecule has 0 aliphatic carbocycles. The maximum absolute atomic E-state index is 14.2. The summed E-state index contributed by atoms with van der Waals surface area (Å²) in [6.07, 6.45) is 2.62. The summed E-state index contributed by atoms with van der Waals surface area (Å²) < 4.78 is 19.5. The lowest BCUT2D eigenvalue weighted by Gasteiger charge is -2.22. The molecule has 7 nitrogen and oxygen atoms in total. The Morgan fingerprint density at radius 2 is 1.97 bits per heavy atom. The van der Waals surface area contributed by atoms with Crippen molar-refractivity contribution in [2.75, 3.05) is 20.2 Å². The number of esters is 1. The van der Waals surface area contributed by atoms with E-state index in [0.29, 0.717) is 42.1 Å². The minimum atomic E-state index is -0.389. The summed E-state index contributed by atoms with van der Waals surface area (Å²) in [5.41, 5.74) is 2.36. The third kappa shape index (κ3) is 6.95. The van der Waals surface area contributed by atoms with Gasteiger partial charge in [-0.3, -0.25) is 9.59 Å². The van der Waals surface area contributed by atoms with Crippen molar-refractivity contribution in [1.82, 2.24) is 20.7 Å². The van der Waals surface area contributed by atoms with E-state index in [-0.39, 0.29) is 41.5 Å². The fourth-order valence-electron chi connectivity index (χ4n) is 3.99. The molecule has 180 valence electrons. The Morgan fingerprint density at radius 1 is 1.21 bits per heavy atom. The number of hydrogen-bond acceptors (Lipinski definition) is 6. The number of carbonyl (C=O) groups is 2. The van der Waals surface area contributed by atoms with Crippen LogP contribution < -0.4 is 5.32 Å². The average Bonchev–Trinajstić information content (AvgIpc) is 3.36. The van der Waals surface area contributed by atoms with Gasteiger partial charge in [0.15, 0.2) is 5.78 Å². The Labute approximate surface area is 203 Å². The molecule has 34 heavy (non-hydrogen) atoms. The van der Waals surface area contributed by atoms with Crippen LogP contribution in [0.3, 0.4) is 0 Å². The Bertz CT molecular complexity index is 1090. The first-order valence-corrected chi connectivity index (χ1v) is 11.5. The predicted octanol–water partition coefficient (Wildman–Crippen LogP) is 4.48. The number of ether oxygens (including phenoxy) is 1. The highest BCUT2D eigenvalue weighted by molar-refractivity contribution is 6.30. The Kier molecular flexibility index (Phi) is 9.30. The lowest BCUT2D eigenvalue weighted by Crippen LogP contribution is -2.31. The van der Waals surface area contributed by atoms with Crippen LogP contribution >= 0.6 is 11.6 Å². The molecule has 9 heteroatoms. The summed E-state index contributed by atoms with van der Waals surface area (Å²) in [4.78, 5) is 25.2. The molecule has 0 aliphatic rings. The number of benzene rings is 2. The molecular weight excluding hydrogens is 459 g/mol. The van der Waals surface area contributed by atoms with E-state index < -0.39 is 0 Å². The summed E-state index contributed by atoms with van der Waals surface area (Å²) in [5, 5.41) is 13.5. The molecule has 0 saturated heterocycles. The van der Waals surface area contributed by atoms with E-state index in [2.05, 4.69) is 20.7 Å². The first-order valence-electron chi connectivity index (χ1n) is 11.2. The fraction of sp³-hybridized carbons (Fsp3) is 0.360. The molecule has 0 radical (unpaired) electrons. The van der Waals surface area contributed by atoms with Crippen LogP contribution in [0.4, 0.5) is 4.39 Å². The largest absolute Gasteiger partial charge is 0.466 e. The number of rotatable bonds is 12. The number of ketones is 1. The van der Waals surface area contributed by atoms with Gasteiger partial charge in [-0.2, -0.15) is 15.4 Å². The molecule has 0 saturated carbocycles. The van der Waals surface area contributed by atoms with Crippen molar-refractivity contribution in [3.63, 3.8) is 0 Å². The molecule has 0 unspecified atom stereocenters. The van der Waals surface area contributed by atoms with Crippen molar-refractivity contribution < 1.29 is 18.7 Å². The van der Waals surface area contributed by atoms with E-state index in [4.69, 9.17) is 16.3 Å². The van der Waals surface area contributed by atoms with E-state index in [1.54, 1.807) is 20.0 Å². The van der Waals surface area contributed by atoms with Crippen LogP contribution in [0.5, 0.6) is 0 Å². The Balaban J connectivity index is 1.80. The number of Topliss-reactive ketones (excluding diaryl/α,β-unsaturated/α-hetero) is 1. The topological polar surface area (TPSA) is 97.0 Å². The second-order valence-corrected chi connectivity index (χ2v) is 8.55. The normalized spacial score (nSPS) is 12.8. The first kappa shape index (κ1) is 25.5. The third-order valence-electron chi connectivity index (χ3n) is 5.58. The van der Waals surface area contributed by atoms with Gasteiger partial charge in [0.2, 0.25) is 0 Å². The van der Waals surface area contributed by atoms with Gasteiger partial charge in [0.05, 0.1) is 18.7 Å². The smallest absolute Gasteiger partial charge is 0.310 e. The molecule has 0 fully saturated rings. The molecule has 1 heterocycles. The summed E-state index contributed by atoms with van der Waals surface area (Å²) in [5.74, 6) is -1.32. The van der Waals surface area contributed by atoms with Gasteiger partial charge in [-0.1, -0.05) is 35.9 Å². The third-order valence-corrected chi connectivity index (χ3v) is 5.82. The van der Waals surface area contributed by atoms with Gasteiger partial charge in [-0.25, -0.2) is 4.39 Å². The van der Waals surface area contributed by atoms with Crippen LogP contribution in [-0.2, 0) is 16.0 Å². The van der Waals surface area contributed by atoms with Crippen LogP contribution in [0, 0.1) is 17.7 Å². The maximum atomic E-state index is 14.2. The van der Waals surface area contributed by atoms with Crippen LogP contribution in [0.1, 0.15) is 35.8 Å². The molecule has 3 aromatic rings. The lowest BCUT2D eigenvalue weighted by atomic mass is 9.85. The second kappa shape index (κ2) is 12.4. The summed E-state index contributed by atoms with van der Waals surface area (Å²) in [7, 11) is 1.77. The summed E-state index contributed by atoms with van der Waals surface area (Å²) in [6, 6.07) is 11.9. The van der Waals surface area contributed by atoms with Crippen molar-refractivity contribution in [3.8, 4) is 11.1 Å². The predicted molar refractivity (Wildman–Crippen MR) is 128 cm³/mol. The second-order valence-electron chi connectivity index (χ2n) is 8.12. The molecule has 2 N–H and O–H groups in total. The van der Waals surface area contributed by atoms with Crippen LogP contribution in [-0.4, -0.2) is 47.4 Å². The highest BCUT2D eigenvalue weighted by Gasteiger charge is 2.26. The zero-order chi connectivity index (χ0) is 24.5. The zero-order valence-corrected chi connectivity index (χ0v) is 19.9. The average molecular weight is 487 g/mol. The van der Waals surface area contributed by atoms with Crippen molar-refractivity contribution in [3.05, 3.63) is 70.8 Å². The van der Waals surface area contributed by atoms with Gasteiger partial charge in [0, 0.05) is 23.6 Å². The monoisotopic (exact) mass is 486 g/mol. The number of nitrogens with zero attached hydrogens (tertiary/aromatic N) is 2. The van der Waals surface area contributed by atoms with E-state index in [0.717, 1.165) is 5.56 Å². The Morgan fingerprint density at radius 3 is 2.62 bits per heavy atom. The SMILES string of the molecule is CCOC(=O)[C@H](CNC)C[C@H](CC(=O)c1cn[nH]n1)Cc1ccc(-c2cc(Cl)ccc2F)cc1. The van der Waals surface area contributed by atoms with Gasteiger partial charge in [0.1, 0.15) is 11.5 Å². The maximum Gasteiger partial charge on any atom is 0.310 e. The molecule has 0 bridgehead atoms. The minimum absolute atomic E-state index is 0.138. The molecule has 2 atom stereocenters. The molecular formula is C25H28ClFN4O3. The number of hydrogen-bond donors (Lipinski definition) is 2. The van der Waals surface area contributed by atoms with Crippen molar-refractivity contribution in [2.24, 2.45) is 11.8 Å². The molecule has 0 aliphatic heterocycles. The highest BCUT2D eigenvalue weighted by atomic mass is 35.5. The standard InChI is InChI=1S/C25H28ClFN4O3/c1-3-34-25(33)19(14-28-2)11-17(12-24(32)23-15-29-31-30-23)10-16-4-6-18(7-5-16)21-13-20(26)8-9-22(21)27/h4-9,13,15,17,19,28H,3,10-12,14H2,1-2H3,(H,29,30,31)/t17-,19+/m1/s1. The van der Waals surface area contributed by atoms with E-state index in [1.165, 1.54) is 18.3 Å². The highest BCUT2D eigenvalue weighted by Crippen LogP contribution is 2.28. The lowest BCUT2D eigenvalue weighted by molar-refractivity contribution is -0.148. The quantitative estimate of drug-likeness (QED) is 0.289. The van der Waals surface area contributed by atoms with Gasteiger partial charge in [-0.15, -0.1) is 0 Å². The van der Waals surface area contributed by atoms with Crippen LogP contribution in [0.25, 0.3) is 11.1 Å². The van der Waals surface area contributed by atoms with E-state index >= 15 is 0 Å². The fourth-order valence-corrected chi connectivity index (χ4v) is 4.16. The van der Waals surface area contributed by atoms with Gasteiger partial charge < -0.3 is 10.1 Å². The molecule has 2 aromatic carbocycles. The minimum Gasteiger partial charge on any atom is -0.466 e. The van der Waals surface area contributed by atoms with Gasteiger partial charge >= 0.3 is 5.97 Å². The number of aromatic amines is 1. The number of nitrogens with one attached hydrogen (secondary N) is 2. The summed E-state index contributed by atoms with van der Waals surface area (Å²) in [6.45, 7) is 2.51. The van der Waals surface area contributed by atoms with Crippen molar-refractivity contribution in [2.45, 2.75) is 26.2 Å². The Hall–Kier alpha value is -3.10. The number of halogens is 2. The molecule has 1 aromatic heterocycles. The van der Waals surface area contributed by atoms with Crippen LogP contribution in [0.15, 0.2) is 48.7 Å². The van der Waals surface area contributed by atoms with E-state index in [1.807, 2.05) is 24.3 Å². The number of H-pyrrole nitrogens is 1. The molecule has 0 amide bonds. The molecule has 3 rings (SSSR count). The van der Waals surface area contributed by atoms with Gasteiger partial charge in [-0.05, 0) is 62.1 Å².